The lowest BCUT2D eigenvalue weighted by Crippen LogP contribution is -2.38. The van der Waals surface area contributed by atoms with Crippen LogP contribution in [0.3, 0.4) is 0 Å². The van der Waals surface area contributed by atoms with Gasteiger partial charge >= 0.3 is 12.1 Å². The Balaban J connectivity index is 1.40. The number of carboxylic acids is 1. The zero-order chi connectivity index (χ0) is 23.8. The molecular weight excluding hydrogens is 420 g/mol. The third-order valence-electron chi connectivity index (χ3n) is 5.69. The molecule has 0 saturated carbocycles. The largest absolute Gasteiger partial charge is 0.480 e. The second-order valence-electron chi connectivity index (χ2n) is 8.77. The Morgan fingerprint density at radius 1 is 1.00 bits per heavy atom. The number of rotatable bonds is 11. The monoisotopic (exact) mass is 452 g/mol. The number of nitrogens with one attached hydrogen (secondary N) is 1. The Bertz CT molecular complexity index is 943. The van der Waals surface area contributed by atoms with Gasteiger partial charge in [-0.2, -0.15) is 0 Å². The summed E-state index contributed by atoms with van der Waals surface area (Å²) in [5.74, 6) is -0.973. The summed E-state index contributed by atoms with van der Waals surface area (Å²) in [5, 5.41) is 11.7. The molecule has 2 aromatic rings. The fourth-order valence-electron chi connectivity index (χ4n) is 4.26. The number of unbranched alkanes of at least 4 members (excludes halogenated alkanes) is 1. The average molecular weight is 453 g/mol. The van der Waals surface area contributed by atoms with Crippen LogP contribution in [0.25, 0.3) is 11.1 Å². The molecule has 0 heterocycles. The van der Waals surface area contributed by atoms with E-state index in [1.807, 2.05) is 38.1 Å². The van der Waals surface area contributed by atoms with E-state index >= 15 is 0 Å². The number of benzene rings is 2. The Morgan fingerprint density at radius 2 is 1.61 bits per heavy atom. The fourth-order valence-corrected chi connectivity index (χ4v) is 4.26. The number of aliphatic carboxylic acids is 1. The topological polar surface area (TPSA) is 95.9 Å². The molecule has 0 radical (unpaired) electrons. The number of nitrogens with zero attached hydrogens (tertiary/aromatic N) is 1. The summed E-state index contributed by atoms with van der Waals surface area (Å²) in [5.41, 5.74) is 4.69. The molecular formula is C26H32N2O5. The maximum absolute atomic E-state index is 12.3. The number of carbonyl (C=O) groups excluding carboxylic acids is 2. The second-order valence-corrected chi connectivity index (χ2v) is 8.77. The average Bonchev–Trinajstić information content (AvgIpc) is 3.10. The minimum atomic E-state index is -1.01. The van der Waals surface area contributed by atoms with E-state index in [1.54, 1.807) is 0 Å². The molecule has 0 fully saturated rings. The highest BCUT2D eigenvalue weighted by Crippen LogP contribution is 2.44. The summed E-state index contributed by atoms with van der Waals surface area (Å²) < 4.78 is 5.50. The first-order valence-corrected chi connectivity index (χ1v) is 11.4. The van der Waals surface area contributed by atoms with Crippen molar-refractivity contribution in [2.45, 2.75) is 39.0 Å². The van der Waals surface area contributed by atoms with Crippen LogP contribution in [0.2, 0.25) is 0 Å². The van der Waals surface area contributed by atoms with Gasteiger partial charge in [-0.15, -0.1) is 0 Å². The van der Waals surface area contributed by atoms with Crippen LogP contribution < -0.4 is 5.32 Å². The first-order chi connectivity index (χ1) is 15.9. The van der Waals surface area contributed by atoms with E-state index in [0.717, 1.165) is 11.1 Å². The van der Waals surface area contributed by atoms with Gasteiger partial charge in [0.1, 0.15) is 13.2 Å². The quantitative estimate of drug-likeness (QED) is 0.497. The van der Waals surface area contributed by atoms with E-state index in [1.165, 1.54) is 16.0 Å². The van der Waals surface area contributed by atoms with Crippen LogP contribution in [0.15, 0.2) is 48.5 Å². The van der Waals surface area contributed by atoms with Gasteiger partial charge in [0.25, 0.3) is 0 Å². The standard InChI is InChI=1S/C26H32N2O5/c1-18(2)15-28(16-25(30)31)24(29)13-7-8-14-27-26(32)33-17-23-21-11-5-3-9-19(21)20-10-4-6-12-22(20)23/h3-6,9-12,18,23H,7-8,13-17H2,1-2H3,(H,27,32)(H,30,31). The van der Waals surface area contributed by atoms with Crippen LogP contribution in [-0.4, -0.2) is 54.2 Å². The Labute approximate surface area is 194 Å². The van der Waals surface area contributed by atoms with Gasteiger partial charge in [0.05, 0.1) is 0 Å². The van der Waals surface area contributed by atoms with E-state index in [0.29, 0.717) is 25.9 Å². The summed E-state index contributed by atoms with van der Waals surface area (Å²) in [6, 6.07) is 16.4. The highest BCUT2D eigenvalue weighted by molar-refractivity contribution is 5.81. The molecule has 7 nitrogen and oxygen atoms in total. The lowest BCUT2D eigenvalue weighted by molar-refractivity contribution is -0.144. The molecule has 0 atom stereocenters. The molecule has 3 rings (SSSR count). The van der Waals surface area contributed by atoms with Crippen molar-refractivity contribution in [2.24, 2.45) is 5.92 Å². The number of hydrogen-bond donors (Lipinski definition) is 2. The maximum Gasteiger partial charge on any atom is 0.407 e. The van der Waals surface area contributed by atoms with Crippen molar-refractivity contribution in [3.05, 3.63) is 59.7 Å². The molecule has 7 heteroatoms. The molecule has 0 aromatic heterocycles. The lowest BCUT2D eigenvalue weighted by Gasteiger charge is -2.22. The van der Waals surface area contributed by atoms with Gasteiger partial charge in [-0.3, -0.25) is 9.59 Å². The smallest absolute Gasteiger partial charge is 0.407 e. The minimum Gasteiger partial charge on any atom is -0.480 e. The van der Waals surface area contributed by atoms with Crippen molar-refractivity contribution < 1.29 is 24.2 Å². The number of amides is 2. The number of ether oxygens (including phenoxy) is 1. The van der Waals surface area contributed by atoms with Gasteiger partial charge in [-0.1, -0.05) is 62.4 Å². The summed E-state index contributed by atoms with van der Waals surface area (Å²) in [7, 11) is 0. The van der Waals surface area contributed by atoms with Crippen molar-refractivity contribution in [3.63, 3.8) is 0 Å². The number of alkyl carbamates (subject to hydrolysis) is 1. The van der Waals surface area contributed by atoms with Gasteiger partial charge in [0, 0.05) is 25.4 Å². The number of carbonyl (C=O) groups is 3. The molecule has 0 aliphatic heterocycles. The van der Waals surface area contributed by atoms with E-state index in [2.05, 4.69) is 29.6 Å². The zero-order valence-corrected chi connectivity index (χ0v) is 19.3. The van der Waals surface area contributed by atoms with Crippen molar-refractivity contribution in [3.8, 4) is 11.1 Å². The van der Waals surface area contributed by atoms with E-state index in [9.17, 15) is 14.4 Å². The third kappa shape index (κ3) is 6.57. The van der Waals surface area contributed by atoms with Gasteiger partial charge < -0.3 is 20.1 Å². The van der Waals surface area contributed by atoms with Crippen molar-refractivity contribution in [2.75, 3.05) is 26.2 Å². The van der Waals surface area contributed by atoms with Crippen LogP contribution >= 0.6 is 0 Å². The van der Waals surface area contributed by atoms with E-state index in [4.69, 9.17) is 9.84 Å². The third-order valence-corrected chi connectivity index (χ3v) is 5.69. The molecule has 1 aliphatic rings. The molecule has 1 aliphatic carbocycles. The summed E-state index contributed by atoms with van der Waals surface area (Å²) in [6.45, 7) is 4.68. The molecule has 2 amide bonds. The summed E-state index contributed by atoms with van der Waals surface area (Å²) in [4.78, 5) is 36.9. The first-order valence-electron chi connectivity index (χ1n) is 11.4. The Kier molecular flexibility index (Phi) is 8.46. The Hall–Kier alpha value is -3.35. The molecule has 176 valence electrons. The second kappa shape index (κ2) is 11.5. The van der Waals surface area contributed by atoms with Crippen molar-refractivity contribution in [1.82, 2.24) is 10.2 Å². The van der Waals surface area contributed by atoms with Crippen molar-refractivity contribution in [1.29, 1.82) is 0 Å². The summed E-state index contributed by atoms with van der Waals surface area (Å²) >= 11 is 0. The van der Waals surface area contributed by atoms with Crippen LogP contribution in [0.4, 0.5) is 4.79 Å². The van der Waals surface area contributed by atoms with Gasteiger partial charge in [0.2, 0.25) is 5.91 Å². The SMILES string of the molecule is CC(C)CN(CC(=O)O)C(=O)CCCCNC(=O)OCC1c2ccccc2-c2ccccc21. The van der Waals surface area contributed by atoms with Crippen LogP contribution in [0.1, 0.15) is 50.2 Å². The molecule has 0 bridgehead atoms. The van der Waals surface area contributed by atoms with Crippen molar-refractivity contribution >= 4 is 18.0 Å². The van der Waals surface area contributed by atoms with Crippen LogP contribution in [0, 0.1) is 5.92 Å². The highest BCUT2D eigenvalue weighted by Gasteiger charge is 2.29. The van der Waals surface area contributed by atoms with Crippen LogP contribution in [-0.2, 0) is 14.3 Å². The molecule has 2 aromatic carbocycles. The maximum atomic E-state index is 12.3. The molecule has 0 saturated heterocycles. The lowest BCUT2D eigenvalue weighted by atomic mass is 9.98. The number of hydrogen-bond acceptors (Lipinski definition) is 4. The highest BCUT2D eigenvalue weighted by atomic mass is 16.5. The van der Waals surface area contributed by atoms with E-state index in [-0.39, 0.29) is 37.3 Å². The first kappa shape index (κ1) is 24.3. The summed E-state index contributed by atoms with van der Waals surface area (Å²) in [6.07, 6.45) is 0.956. The van der Waals surface area contributed by atoms with Crippen LogP contribution in [0.5, 0.6) is 0 Å². The fraction of sp³-hybridized carbons (Fsp3) is 0.423. The van der Waals surface area contributed by atoms with Gasteiger partial charge in [-0.25, -0.2) is 4.79 Å². The van der Waals surface area contributed by atoms with E-state index < -0.39 is 12.1 Å². The predicted octanol–water partition coefficient (Wildman–Crippen LogP) is 4.26. The Morgan fingerprint density at radius 3 is 2.18 bits per heavy atom. The minimum absolute atomic E-state index is 0.0157. The van der Waals surface area contributed by atoms with Gasteiger partial charge in [-0.05, 0) is 41.0 Å². The number of fused-ring (bicyclic) bond motifs is 3. The molecule has 0 spiro atoms. The normalized spacial score (nSPS) is 12.2. The predicted molar refractivity (Wildman–Crippen MR) is 126 cm³/mol. The van der Waals surface area contributed by atoms with Gasteiger partial charge in [0.15, 0.2) is 0 Å². The molecule has 33 heavy (non-hydrogen) atoms. The molecule has 0 unspecified atom stereocenters. The number of carboxylic acid groups (broad SMARTS) is 1. The molecule has 2 N–H and O–H groups in total. The zero-order valence-electron chi connectivity index (χ0n) is 19.3.